The van der Waals surface area contributed by atoms with Crippen LogP contribution in [0.15, 0.2) is 30.3 Å². The second kappa shape index (κ2) is 9.88. The van der Waals surface area contributed by atoms with Crippen molar-refractivity contribution in [2.75, 3.05) is 6.61 Å². The molecule has 5 atom stereocenters. The maximum absolute atomic E-state index is 12.9. The van der Waals surface area contributed by atoms with E-state index in [-0.39, 0.29) is 24.4 Å². The Morgan fingerprint density at radius 1 is 1.19 bits per heavy atom. The number of benzene rings is 1. The summed E-state index contributed by atoms with van der Waals surface area (Å²) in [4.78, 5) is 24.9. The molecule has 0 spiro atoms. The number of hydrogen-bond donors (Lipinski definition) is 2. The van der Waals surface area contributed by atoms with Gasteiger partial charge in [-0.25, -0.2) is 0 Å². The molecule has 1 amide bonds. The summed E-state index contributed by atoms with van der Waals surface area (Å²) in [5, 5.41) is 2.89. The molecular formula is C22H34N2O3. The molecular weight excluding hydrogens is 340 g/mol. The van der Waals surface area contributed by atoms with Gasteiger partial charge in [0.2, 0.25) is 5.91 Å². The van der Waals surface area contributed by atoms with Gasteiger partial charge >= 0.3 is 5.97 Å². The summed E-state index contributed by atoms with van der Waals surface area (Å²) in [5.41, 5.74) is 6.58. The van der Waals surface area contributed by atoms with Gasteiger partial charge in [0.1, 0.15) is 6.61 Å². The minimum atomic E-state index is -0.614. The van der Waals surface area contributed by atoms with Crippen molar-refractivity contribution in [2.45, 2.75) is 59.0 Å². The molecule has 1 saturated carbocycles. The Kier molecular flexibility index (Phi) is 7.84. The molecule has 5 nitrogen and oxygen atoms in total. The number of carbonyl (C=O) groups is 2. The van der Waals surface area contributed by atoms with Gasteiger partial charge in [-0.3, -0.25) is 9.59 Å². The van der Waals surface area contributed by atoms with Gasteiger partial charge in [-0.2, -0.15) is 0 Å². The van der Waals surface area contributed by atoms with Crippen molar-refractivity contribution in [3.63, 3.8) is 0 Å². The van der Waals surface area contributed by atoms with Gasteiger partial charge in [0.25, 0.3) is 0 Å². The molecule has 5 heteroatoms. The molecule has 1 fully saturated rings. The Morgan fingerprint density at radius 3 is 2.44 bits per heavy atom. The number of amides is 1. The fourth-order valence-corrected chi connectivity index (χ4v) is 3.96. The fraction of sp³-hybridized carbons (Fsp3) is 0.636. The fourth-order valence-electron chi connectivity index (χ4n) is 3.96. The van der Waals surface area contributed by atoms with Crippen molar-refractivity contribution in [3.8, 4) is 0 Å². The molecule has 1 aromatic carbocycles. The average molecular weight is 375 g/mol. The smallest absolute Gasteiger partial charge is 0.309 e. The lowest BCUT2D eigenvalue weighted by molar-refractivity contribution is -0.154. The van der Waals surface area contributed by atoms with Gasteiger partial charge in [0.15, 0.2) is 0 Å². The first-order chi connectivity index (χ1) is 12.8. The molecule has 0 heterocycles. The highest BCUT2D eigenvalue weighted by molar-refractivity contribution is 5.81. The Labute approximate surface area is 163 Å². The van der Waals surface area contributed by atoms with E-state index in [9.17, 15) is 9.59 Å². The molecule has 0 bridgehead atoms. The van der Waals surface area contributed by atoms with Gasteiger partial charge in [-0.1, -0.05) is 57.5 Å². The minimum Gasteiger partial charge on any atom is -0.463 e. The molecule has 27 heavy (non-hydrogen) atoms. The third kappa shape index (κ3) is 6.06. The van der Waals surface area contributed by atoms with Crippen molar-refractivity contribution < 1.29 is 14.3 Å². The second-order valence-corrected chi connectivity index (χ2v) is 8.32. The summed E-state index contributed by atoms with van der Waals surface area (Å²) in [6, 6.07) is 8.54. The molecule has 1 aliphatic rings. The lowest BCUT2D eigenvalue weighted by Crippen LogP contribution is -2.42. The number of rotatable bonds is 7. The number of carbonyl (C=O) groups excluding carboxylic acids is 2. The van der Waals surface area contributed by atoms with Crippen LogP contribution in [0.1, 0.15) is 58.6 Å². The van der Waals surface area contributed by atoms with E-state index in [1.165, 1.54) is 6.42 Å². The van der Waals surface area contributed by atoms with Crippen molar-refractivity contribution in [1.82, 2.24) is 5.32 Å². The van der Waals surface area contributed by atoms with Gasteiger partial charge in [0.05, 0.1) is 18.0 Å². The lowest BCUT2D eigenvalue weighted by Gasteiger charge is -2.36. The minimum absolute atomic E-state index is 0.0608. The third-order valence-corrected chi connectivity index (χ3v) is 5.65. The zero-order valence-corrected chi connectivity index (χ0v) is 17.0. The highest BCUT2D eigenvalue weighted by Crippen LogP contribution is 2.38. The SMILES string of the molecule is CC1CC[C@@H](C(C)C)[C@H](C(=O)OCC(NC(=O)[C@@H](C)N)c2ccccc2)C1. The summed E-state index contributed by atoms with van der Waals surface area (Å²) < 4.78 is 5.71. The molecule has 0 aromatic heterocycles. The maximum atomic E-state index is 12.9. The first-order valence-corrected chi connectivity index (χ1v) is 10.1. The molecule has 150 valence electrons. The van der Waals surface area contributed by atoms with Crippen LogP contribution in [0.5, 0.6) is 0 Å². The first-order valence-electron chi connectivity index (χ1n) is 10.1. The number of nitrogens with two attached hydrogens (primary N) is 1. The summed E-state index contributed by atoms with van der Waals surface area (Å²) in [6.07, 6.45) is 3.12. The lowest BCUT2D eigenvalue weighted by atomic mass is 9.70. The molecule has 0 aliphatic heterocycles. The topological polar surface area (TPSA) is 81.4 Å². The third-order valence-electron chi connectivity index (χ3n) is 5.65. The summed E-state index contributed by atoms with van der Waals surface area (Å²) in [6.45, 7) is 8.32. The number of hydrogen-bond acceptors (Lipinski definition) is 4. The molecule has 1 aromatic rings. The molecule has 0 radical (unpaired) electrons. The quantitative estimate of drug-likeness (QED) is 0.716. The van der Waals surface area contributed by atoms with Gasteiger partial charge in [0, 0.05) is 0 Å². The summed E-state index contributed by atoms with van der Waals surface area (Å²) in [5.74, 6) is 0.900. The Morgan fingerprint density at radius 2 is 1.85 bits per heavy atom. The van der Waals surface area contributed by atoms with E-state index >= 15 is 0 Å². The van der Waals surface area contributed by atoms with Crippen LogP contribution in [0.2, 0.25) is 0 Å². The highest BCUT2D eigenvalue weighted by Gasteiger charge is 2.36. The van der Waals surface area contributed by atoms with E-state index < -0.39 is 12.1 Å². The van der Waals surface area contributed by atoms with Crippen LogP contribution in [0.4, 0.5) is 0 Å². The van der Waals surface area contributed by atoms with E-state index in [0.29, 0.717) is 17.8 Å². The van der Waals surface area contributed by atoms with Crippen LogP contribution < -0.4 is 11.1 Å². The molecule has 2 rings (SSSR count). The molecule has 1 aliphatic carbocycles. The monoisotopic (exact) mass is 374 g/mol. The zero-order chi connectivity index (χ0) is 20.0. The number of nitrogens with one attached hydrogen (secondary N) is 1. The van der Waals surface area contributed by atoms with Crippen LogP contribution in [-0.2, 0) is 14.3 Å². The zero-order valence-electron chi connectivity index (χ0n) is 17.0. The van der Waals surface area contributed by atoms with Crippen molar-refractivity contribution >= 4 is 11.9 Å². The Balaban J connectivity index is 2.06. The van der Waals surface area contributed by atoms with Crippen molar-refractivity contribution in [1.29, 1.82) is 0 Å². The average Bonchev–Trinajstić information content (AvgIpc) is 2.64. The normalized spacial score (nSPS) is 24.9. The standard InChI is InChI=1S/C22H34N2O3/c1-14(2)18-11-10-15(3)12-19(18)22(26)27-13-20(24-21(25)16(4)23)17-8-6-5-7-9-17/h5-9,14-16,18-20H,10-13,23H2,1-4H3,(H,24,25)/t15?,16-,18+,19-,20?/m1/s1. The molecule has 2 unspecified atom stereocenters. The van der Waals surface area contributed by atoms with Crippen molar-refractivity contribution in [2.24, 2.45) is 29.4 Å². The number of esters is 1. The summed E-state index contributed by atoms with van der Waals surface area (Å²) in [7, 11) is 0. The van der Waals surface area contributed by atoms with Crippen LogP contribution in [0.25, 0.3) is 0 Å². The van der Waals surface area contributed by atoms with Crippen LogP contribution in [0, 0.1) is 23.7 Å². The summed E-state index contributed by atoms with van der Waals surface area (Å²) >= 11 is 0. The highest BCUT2D eigenvalue weighted by atomic mass is 16.5. The van der Waals surface area contributed by atoms with E-state index in [0.717, 1.165) is 18.4 Å². The van der Waals surface area contributed by atoms with Gasteiger partial charge in [-0.05, 0) is 43.1 Å². The van der Waals surface area contributed by atoms with Gasteiger partial charge < -0.3 is 15.8 Å². The Bertz CT molecular complexity index is 615. The van der Waals surface area contributed by atoms with E-state index in [4.69, 9.17) is 10.5 Å². The molecule has 0 saturated heterocycles. The number of ether oxygens (including phenoxy) is 1. The predicted molar refractivity (Wildman–Crippen MR) is 107 cm³/mol. The molecule has 3 N–H and O–H groups in total. The van der Waals surface area contributed by atoms with E-state index in [2.05, 4.69) is 26.1 Å². The van der Waals surface area contributed by atoms with Crippen LogP contribution >= 0.6 is 0 Å². The second-order valence-electron chi connectivity index (χ2n) is 8.32. The van der Waals surface area contributed by atoms with E-state index in [1.807, 2.05) is 30.3 Å². The van der Waals surface area contributed by atoms with E-state index in [1.54, 1.807) is 6.92 Å². The maximum Gasteiger partial charge on any atom is 0.309 e. The largest absolute Gasteiger partial charge is 0.463 e. The van der Waals surface area contributed by atoms with Crippen molar-refractivity contribution in [3.05, 3.63) is 35.9 Å². The first kappa shape index (κ1) is 21.4. The van der Waals surface area contributed by atoms with Gasteiger partial charge in [-0.15, -0.1) is 0 Å². The predicted octanol–water partition coefficient (Wildman–Crippen LogP) is 3.44. The van der Waals surface area contributed by atoms with Crippen LogP contribution in [0.3, 0.4) is 0 Å². The Hall–Kier alpha value is -1.88. The van der Waals surface area contributed by atoms with Crippen LogP contribution in [-0.4, -0.2) is 24.5 Å².